The second-order valence-corrected chi connectivity index (χ2v) is 4.96. The molecule has 1 aliphatic heterocycles. The number of carbonyl (C=O) groups is 1. The van der Waals surface area contributed by atoms with Gasteiger partial charge in [-0.05, 0) is 29.3 Å². The third kappa shape index (κ3) is 1.76. The maximum absolute atomic E-state index is 11.8. The van der Waals surface area contributed by atoms with Gasteiger partial charge in [-0.2, -0.15) is 0 Å². The van der Waals surface area contributed by atoms with Crippen LogP contribution in [0.2, 0.25) is 0 Å². The van der Waals surface area contributed by atoms with E-state index < -0.39 is 0 Å². The second kappa shape index (κ2) is 4.00. The molecular formula is C14H10BrNO. The predicted octanol–water partition coefficient (Wildman–Crippen LogP) is 3.28. The molecule has 84 valence electrons. The van der Waals surface area contributed by atoms with Crippen LogP contribution in [0.15, 0.2) is 53.0 Å². The van der Waals surface area contributed by atoms with Gasteiger partial charge in [0.2, 0.25) is 0 Å². The van der Waals surface area contributed by atoms with Gasteiger partial charge in [0, 0.05) is 10.0 Å². The summed E-state index contributed by atoms with van der Waals surface area (Å²) < 4.78 is 0.994. The molecule has 1 unspecified atom stereocenters. The van der Waals surface area contributed by atoms with E-state index >= 15 is 0 Å². The van der Waals surface area contributed by atoms with Gasteiger partial charge >= 0.3 is 0 Å². The third-order valence-corrected chi connectivity index (χ3v) is 3.47. The normalized spacial score (nSPS) is 17.7. The van der Waals surface area contributed by atoms with Crippen molar-refractivity contribution < 1.29 is 4.79 Å². The standard InChI is InChI=1S/C14H10BrNO/c15-10-6-7-11-12(8-10)13(16-14(11)17)9-4-2-1-3-5-9/h1-8,13H,(H,16,17). The van der Waals surface area contributed by atoms with Gasteiger partial charge < -0.3 is 5.32 Å². The fourth-order valence-electron chi connectivity index (χ4n) is 2.17. The summed E-state index contributed by atoms with van der Waals surface area (Å²) in [5, 5.41) is 3.00. The van der Waals surface area contributed by atoms with Crippen LogP contribution in [-0.2, 0) is 0 Å². The summed E-state index contributed by atoms with van der Waals surface area (Å²) in [5.74, 6) is 0.00125. The molecule has 0 aromatic heterocycles. The van der Waals surface area contributed by atoms with E-state index in [1.165, 1.54) is 0 Å². The van der Waals surface area contributed by atoms with E-state index in [9.17, 15) is 4.79 Å². The summed E-state index contributed by atoms with van der Waals surface area (Å²) in [6.45, 7) is 0. The molecule has 0 spiro atoms. The molecule has 1 heterocycles. The van der Waals surface area contributed by atoms with E-state index in [1.54, 1.807) is 0 Å². The van der Waals surface area contributed by atoms with Crippen molar-refractivity contribution >= 4 is 21.8 Å². The highest BCUT2D eigenvalue weighted by atomic mass is 79.9. The topological polar surface area (TPSA) is 29.1 Å². The first-order chi connectivity index (χ1) is 8.25. The SMILES string of the molecule is O=C1NC(c2ccccc2)c2cc(Br)ccc21. The molecule has 0 aliphatic carbocycles. The van der Waals surface area contributed by atoms with Crippen LogP contribution < -0.4 is 5.32 Å². The van der Waals surface area contributed by atoms with E-state index in [0.29, 0.717) is 0 Å². The summed E-state index contributed by atoms with van der Waals surface area (Å²) >= 11 is 3.45. The Kier molecular flexibility index (Phi) is 2.48. The Bertz CT molecular complexity index is 580. The molecule has 0 bridgehead atoms. The van der Waals surface area contributed by atoms with Crippen LogP contribution in [0.25, 0.3) is 0 Å². The maximum atomic E-state index is 11.8. The molecule has 1 atom stereocenters. The Morgan fingerprint density at radius 2 is 1.82 bits per heavy atom. The van der Waals surface area contributed by atoms with Gasteiger partial charge in [-0.3, -0.25) is 4.79 Å². The fourth-order valence-corrected chi connectivity index (χ4v) is 2.55. The number of carbonyl (C=O) groups excluding carboxylic acids is 1. The highest BCUT2D eigenvalue weighted by Crippen LogP contribution is 2.32. The lowest BCUT2D eigenvalue weighted by Crippen LogP contribution is -2.19. The monoisotopic (exact) mass is 287 g/mol. The Morgan fingerprint density at radius 1 is 1.06 bits per heavy atom. The molecule has 3 heteroatoms. The van der Waals surface area contributed by atoms with Crippen molar-refractivity contribution in [2.75, 3.05) is 0 Å². The van der Waals surface area contributed by atoms with Gasteiger partial charge in [0.1, 0.15) is 0 Å². The Balaban J connectivity index is 2.13. The van der Waals surface area contributed by atoms with Crippen LogP contribution in [0.3, 0.4) is 0 Å². The van der Waals surface area contributed by atoms with Crippen molar-refractivity contribution in [3.05, 3.63) is 69.7 Å². The molecule has 1 amide bonds. The fraction of sp³-hybridized carbons (Fsp3) is 0.0714. The highest BCUT2D eigenvalue weighted by molar-refractivity contribution is 9.10. The number of hydrogen-bond donors (Lipinski definition) is 1. The third-order valence-electron chi connectivity index (χ3n) is 2.98. The van der Waals surface area contributed by atoms with E-state index in [4.69, 9.17) is 0 Å². The van der Waals surface area contributed by atoms with Gasteiger partial charge in [-0.1, -0.05) is 46.3 Å². The van der Waals surface area contributed by atoms with Crippen molar-refractivity contribution in [3.8, 4) is 0 Å². The van der Waals surface area contributed by atoms with E-state index in [1.807, 2.05) is 48.5 Å². The van der Waals surface area contributed by atoms with E-state index in [2.05, 4.69) is 21.2 Å². The summed E-state index contributed by atoms with van der Waals surface area (Å²) in [6.07, 6.45) is 0. The first-order valence-corrected chi connectivity index (χ1v) is 6.20. The number of benzene rings is 2. The van der Waals surface area contributed by atoms with Crippen LogP contribution in [0.1, 0.15) is 27.5 Å². The van der Waals surface area contributed by atoms with Gasteiger partial charge in [-0.25, -0.2) is 0 Å². The first-order valence-electron chi connectivity index (χ1n) is 5.41. The number of fused-ring (bicyclic) bond motifs is 1. The van der Waals surface area contributed by atoms with Crippen molar-refractivity contribution in [2.45, 2.75) is 6.04 Å². The molecular weight excluding hydrogens is 278 g/mol. The summed E-state index contributed by atoms with van der Waals surface area (Å²) in [7, 11) is 0. The zero-order chi connectivity index (χ0) is 11.8. The molecule has 17 heavy (non-hydrogen) atoms. The van der Waals surface area contributed by atoms with Crippen LogP contribution in [0.4, 0.5) is 0 Å². The van der Waals surface area contributed by atoms with Crippen LogP contribution in [-0.4, -0.2) is 5.91 Å². The number of rotatable bonds is 1. The van der Waals surface area contributed by atoms with Gasteiger partial charge in [0.25, 0.3) is 5.91 Å². The second-order valence-electron chi connectivity index (χ2n) is 4.05. The highest BCUT2D eigenvalue weighted by Gasteiger charge is 2.29. The molecule has 1 aliphatic rings. The Labute approximate surface area is 108 Å². The molecule has 2 aromatic rings. The van der Waals surface area contributed by atoms with Gasteiger partial charge in [0.05, 0.1) is 6.04 Å². The van der Waals surface area contributed by atoms with Crippen LogP contribution in [0.5, 0.6) is 0 Å². The average Bonchev–Trinajstić information content (AvgIpc) is 2.67. The number of hydrogen-bond acceptors (Lipinski definition) is 1. The predicted molar refractivity (Wildman–Crippen MR) is 69.9 cm³/mol. The zero-order valence-electron chi connectivity index (χ0n) is 8.98. The minimum atomic E-state index is -0.0313. The van der Waals surface area contributed by atoms with Crippen molar-refractivity contribution in [1.82, 2.24) is 5.32 Å². The van der Waals surface area contributed by atoms with Crippen LogP contribution >= 0.6 is 15.9 Å². The lowest BCUT2D eigenvalue weighted by Gasteiger charge is -2.12. The zero-order valence-corrected chi connectivity index (χ0v) is 10.6. The summed E-state index contributed by atoms with van der Waals surface area (Å²) in [4.78, 5) is 11.8. The first kappa shape index (κ1) is 10.5. The van der Waals surface area contributed by atoms with Gasteiger partial charge in [-0.15, -0.1) is 0 Å². The summed E-state index contributed by atoms with van der Waals surface area (Å²) in [5.41, 5.74) is 2.91. The molecule has 0 saturated carbocycles. The maximum Gasteiger partial charge on any atom is 0.252 e. The summed E-state index contributed by atoms with van der Waals surface area (Å²) in [6, 6.07) is 15.7. The molecule has 1 N–H and O–H groups in total. The Hall–Kier alpha value is -1.61. The molecule has 2 nitrogen and oxygen atoms in total. The van der Waals surface area contributed by atoms with Gasteiger partial charge in [0.15, 0.2) is 0 Å². The largest absolute Gasteiger partial charge is 0.341 e. The molecule has 0 fully saturated rings. The minimum Gasteiger partial charge on any atom is -0.341 e. The lowest BCUT2D eigenvalue weighted by molar-refractivity contribution is 0.0960. The molecule has 0 radical (unpaired) electrons. The molecule has 3 rings (SSSR count). The number of amides is 1. The molecule has 0 saturated heterocycles. The number of nitrogens with one attached hydrogen (secondary N) is 1. The Morgan fingerprint density at radius 3 is 2.59 bits per heavy atom. The van der Waals surface area contributed by atoms with E-state index in [-0.39, 0.29) is 11.9 Å². The number of halogens is 1. The van der Waals surface area contributed by atoms with Crippen molar-refractivity contribution in [3.63, 3.8) is 0 Å². The van der Waals surface area contributed by atoms with Crippen molar-refractivity contribution in [1.29, 1.82) is 0 Å². The smallest absolute Gasteiger partial charge is 0.252 e. The van der Waals surface area contributed by atoms with Crippen LogP contribution in [0, 0.1) is 0 Å². The molecule has 2 aromatic carbocycles. The van der Waals surface area contributed by atoms with Crippen molar-refractivity contribution in [2.24, 2.45) is 0 Å². The lowest BCUT2D eigenvalue weighted by atomic mass is 9.99. The average molecular weight is 288 g/mol. The minimum absolute atomic E-state index is 0.00125. The van der Waals surface area contributed by atoms with E-state index in [0.717, 1.165) is 21.2 Å². The quantitative estimate of drug-likeness (QED) is 0.857.